The van der Waals surface area contributed by atoms with Gasteiger partial charge in [0.2, 0.25) is 0 Å². The Balaban J connectivity index is 1.49. The molecular weight excluding hydrogens is 518 g/mol. The van der Waals surface area contributed by atoms with Gasteiger partial charge in [-0.3, -0.25) is 0 Å². The number of quaternary nitrogens is 1. The quantitative estimate of drug-likeness (QED) is 0.159. The van der Waals surface area contributed by atoms with Crippen LogP contribution >= 0.6 is 11.8 Å². The fraction of sp³-hybridized carbons (Fsp3) is 0.533. The van der Waals surface area contributed by atoms with Crippen LogP contribution in [0.4, 0.5) is 0 Å². The number of aromatic hydroxyl groups is 2. The summed E-state index contributed by atoms with van der Waals surface area (Å²) in [5.74, 6) is 2.12. The molecule has 2 spiro atoms. The Labute approximate surface area is 231 Å². The zero-order chi connectivity index (χ0) is 26.9. The van der Waals surface area contributed by atoms with E-state index in [0.717, 1.165) is 48.3 Å². The molecule has 9 heteroatoms. The monoisotopic (exact) mass is 552 g/mol. The highest BCUT2D eigenvalue weighted by Gasteiger charge is 2.82. The molecule has 7 atom stereocenters. The number of nitrogens with zero attached hydrogens (tertiary/aromatic N) is 1. The minimum Gasteiger partial charge on any atom is -0.508 e. The zero-order valence-corrected chi connectivity index (χ0v) is 23.2. The lowest BCUT2D eigenvalue weighted by Crippen LogP contribution is -2.81. The lowest BCUT2D eigenvalue weighted by Gasteiger charge is -2.70. The minimum absolute atomic E-state index is 0.0326. The number of hydrogen-bond donors (Lipinski definition) is 3. The van der Waals surface area contributed by atoms with Gasteiger partial charge >= 0.3 is 0 Å². The molecule has 4 aliphatic carbocycles. The fourth-order valence-corrected chi connectivity index (χ4v) is 10.1. The normalized spacial score (nSPS) is 39.2. The third-order valence-electron chi connectivity index (χ3n) is 10.7. The summed E-state index contributed by atoms with van der Waals surface area (Å²) >= 11 is 1.32. The Morgan fingerprint density at radius 1 is 1.15 bits per heavy atom. The Morgan fingerprint density at radius 3 is 2.69 bits per heavy atom. The summed E-state index contributed by atoms with van der Waals surface area (Å²) in [4.78, 5) is 0.529. The van der Waals surface area contributed by atoms with E-state index >= 15 is 0 Å². The molecule has 2 aromatic carbocycles. The molecule has 0 unspecified atom stereocenters. The van der Waals surface area contributed by atoms with Crippen LogP contribution in [0, 0.1) is 0 Å². The standard InChI is InChI=1S/C30H33NO7S/c1-31(14-17-15-37-17)9-8-29-22-16-4-5-19(35-2)26(22)38-27(29)30(36-3)7-6-28(29,21(31)12-16)23-18(33)13-20(39-11-10-32)25(34)24(23)30/h4-7,13,17,21,27,32H,8-12,14-15H2,1-3H3,(H-,33,34)/p+1/t17-,21+,27-,28+,29+,30-,31-/m1/s1. The highest BCUT2D eigenvalue weighted by atomic mass is 32.2. The lowest BCUT2D eigenvalue weighted by molar-refractivity contribution is -0.945. The number of phenolic OH excluding ortho intramolecular Hbond substituents is 2. The highest BCUT2D eigenvalue weighted by molar-refractivity contribution is 7.99. The van der Waals surface area contributed by atoms with Gasteiger partial charge in [0, 0.05) is 42.4 Å². The van der Waals surface area contributed by atoms with Crippen molar-refractivity contribution in [2.45, 2.75) is 52.4 Å². The van der Waals surface area contributed by atoms with Gasteiger partial charge in [-0.2, -0.15) is 0 Å². The molecule has 2 fully saturated rings. The van der Waals surface area contributed by atoms with Crippen molar-refractivity contribution >= 4 is 11.8 Å². The molecule has 0 aromatic heterocycles. The number of piperidine rings is 1. The van der Waals surface area contributed by atoms with Crippen molar-refractivity contribution in [1.29, 1.82) is 0 Å². The molecule has 3 N–H and O–H groups in total. The van der Waals surface area contributed by atoms with E-state index in [-0.39, 0.29) is 30.3 Å². The number of likely N-dealkylation sites (tertiary alicyclic amines) is 1. The third kappa shape index (κ3) is 2.58. The van der Waals surface area contributed by atoms with Gasteiger partial charge in [-0.15, -0.1) is 11.8 Å². The Bertz CT molecular complexity index is 1460. The van der Waals surface area contributed by atoms with Crippen LogP contribution in [0.25, 0.3) is 0 Å². The molecular formula is C30H34NO7S+. The van der Waals surface area contributed by atoms with Crippen LogP contribution < -0.4 is 9.47 Å². The molecule has 39 heavy (non-hydrogen) atoms. The number of phenols is 2. The van der Waals surface area contributed by atoms with E-state index in [9.17, 15) is 15.3 Å². The molecule has 7 aliphatic rings. The molecule has 0 radical (unpaired) electrons. The highest BCUT2D eigenvalue weighted by Crippen LogP contribution is 2.76. The second kappa shape index (κ2) is 7.64. The molecule has 206 valence electrons. The first-order chi connectivity index (χ1) is 18.8. The molecule has 9 rings (SSSR count). The molecule has 2 aromatic rings. The van der Waals surface area contributed by atoms with E-state index in [0.29, 0.717) is 22.0 Å². The van der Waals surface area contributed by atoms with Crippen molar-refractivity contribution in [3.63, 3.8) is 0 Å². The summed E-state index contributed by atoms with van der Waals surface area (Å²) in [6, 6.07) is 5.95. The average Bonchev–Trinajstić information content (AvgIpc) is 3.67. The smallest absolute Gasteiger partial charge is 0.166 e. The summed E-state index contributed by atoms with van der Waals surface area (Å²) in [6.07, 6.45) is 5.80. The number of aliphatic hydroxyl groups is 1. The summed E-state index contributed by atoms with van der Waals surface area (Å²) in [6.45, 7) is 2.61. The topological polar surface area (TPSA) is 101 Å². The summed E-state index contributed by atoms with van der Waals surface area (Å²) in [7, 11) is 5.66. The van der Waals surface area contributed by atoms with E-state index in [1.165, 1.54) is 22.9 Å². The Hall–Kier alpha value is -2.43. The predicted octanol–water partition coefficient (Wildman–Crippen LogP) is 2.73. The number of ether oxygens (including phenoxy) is 4. The van der Waals surface area contributed by atoms with Crippen LogP contribution in [0.5, 0.6) is 23.0 Å². The van der Waals surface area contributed by atoms with Crippen molar-refractivity contribution in [3.8, 4) is 23.0 Å². The number of likely N-dealkylation sites (N-methyl/N-ethyl adjacent to an activating group) is 1. The minimum atomic E-state index is -1.11. The number of thioether (sulfide) groups is 1. The number of epoxide rings is 1. The molecule has 8 nitrogen and oxygen atoms in total. The van der Waals surface area contributed by atoms with Crippen molar-refractivity contribution in [1.82, 2.24) is 0 Å². The SMILES string of the molecule is COc1ccc2c3c1O[C@@H]1[C@]34CC[N@+](C)(C[C@@H]3CO3)[C@@H](C2)[C@]42C=C[C@@]1(OC)c1c(O)c(SCCO)cc(O)c12. The number of hydrogen-bond acceptors (Lipinski definition) is 8. The zero-order valence-electron chi connectivity index (χ0n) is 22.4. The fourth-order valence-electron chi connectivity index (χ4n) is 9.32. The van der Waals surface area contributed by atoms with Gasteiger partial charge in [0.1, 0.15) is 36.3 Å². The summed E-state index contributed by atoms with van der Waals surface area (Å²) in [5, 5.41) is 33.3. The molecule has 3 aliphatic heterocycles. The van der Waals surface area contributed by atoms with Crippen LogP contribution in [0.15, 0.2) is 35.2 Å². The first kappa shape index (κ1) is 24.4. The maximum absolute atomic E-state index is 11.9. The van der Waals surface area contributed by atoms with Crippen molar-refractivity contribution in [2.75, 3.05) is 53.3 Å². The van der Waals surface area contributed by atoms with E-state index < -0.39 is 22.5 Å². The second-order valence-corrected chi connectivity index (χ2v) is 13.3. The van der Waals surface area contributed by atoms with E-state index in [1.54, 1.807) is 20.3 Å². The number of benzene rings is 2. The first-order valence-electron chi connectivity index (χ1n) is 13.7. The van der Waals surface area contributed by atoms with Crippen LogP contribution in [0.3, 0.4) is 0 Å². The maximum atomic E-state index is 11.9. The number of methoxy groups -OCH3 is 2. The maximum Gasteiger partial charge on any atom is 0.166 e. The van der Waals surface area contributed by atoms with Gasteiger partial charge in [-0.25, -0.2) is 0 Å². The van der Waals surface area contributed by atoms with Gasteiger partial charge in [0.05, 0.1) is 49.6 Å². The van der Waals surface area contributed by atoms with E-state index in [2.05, 4.69) is 25.3 Å². The summed E-state index contributed by atoms with van der Waals surface area (Å²) < 4.78 is 25.8. The lowest BCUT2D eigenvalue weighted by atomic mass is 9.37. The van der Waals surface area contributed by atoms with Gasteiger partial charge in [-0.05, 0) is 23.8 Å². The van der Waals surface area contributed by atoms with Gasteiger partial charge < -0.3 is 38.8 Å². The third-order valence-corrected chi connectivity index (χ3v) is 11.8. The van der Waals surface area contributed by atoms with Crippen LogP contribution in [0.1, 0.15) is 28.7 Å². The van der Waals surface area contributed by atoms with Gasteiger partial charge in [-0.1, -0.05) is 12.1 Å². The Kier molecular flexibility index (Phi) is 4.78. The largest absolute Gasteiger partial charge is 0.508 e. The molecule has 3 heterocycles. The average molecular weight is 553 g/mol. The van der Waals surface area contributed by atoms with Crippen LogP contribution in [-0.4, -0.2) is 91.4 Å². The second-order valence-electron chi connectivity index (χ2n) is 12.2. The molecule has 4 bridgehead atoms. The van der Waals surface area contributed by atoms with E-state index in [4.69, 9.17) is 18.9 Å². The predicted molar refractivity (Wildman–Crippen MR) is 144 cm³/mol. The molecule has 2 saturated heterocycles. The number of rotatable bonds is 7. The van der Waals surface area contributed by atoms with Crippen molar-refractivity contribution < 1.29 is 38.8 Å². The molecule has 0 saturated carbocycles. The van der Waals surface area contributed by atoms with Gasteiger partial charge in [0.15, 0.2) is 17.1 Å². The first-order valence-corrected chi connectivity index (χ1v) is 14.7. The molecule has 0 amide bonds. The van der Waals surface area contributed by atoms with Gasteiger partial charge in [0.25, 0.3) is 0 Å². The van der Waals surface area contributed by atoms with Crippen molar-refractivity contribution in [3.05, 3.63) is 52.6 Å². The summed E-state index contributed by atoms with van der Waals surface area (Å²) in [5.41, 5.74) is 1.52. The van der Waals surface area contributed by atoms with Crippen molar-refractivity contribution in [2.24, 2.45) is 0 Å². The Morgan fingerprint density at radius 2 is 1.97 bits per heavy atom. The van der Waals surface area contributed by atoms with Crippen LogP contribution in [0.2, 0.25) is 0 Å². The number of aliphatic hydroxyl groups excluding tert-OH is 1. The van der Waals surface area contributed by atoms with E-state index in [1.807, 2.05) is 6.07 Å². The van der Waals surface area contributed by atoms with Crippen LogP contribution in [-0.2, 0) is 32.3 Å².